The number of anilines is 6. The lowest BCUT2D eigenvalue weighted by atomic mass is 10.0. The summed E-state index contributed by atoms with van der Waals surface area (Å²) in [6.07, 6.45) is 0. The van der Waals surface area contributed by atoms with E-state index in [1.807, 2.05) is 22.7 Å². The van der Waals surface area contributed by atoms with Crippen molar-refractivity contribution >= 4 is 129 Å². The first kappa shape index (κ1) is 33.2. The number of thiophene rings is 2. The number of nitrogens with zero attached hydrogens (tertiary/aromatic N) is 2. The first-order chi connectivity index (χ1) is 28.7. The van der Waals surface area contributed by atoms with Crippen LogP contribution in [0.15, 0.2) is 206 Å². The number of para-hydroxylation sites is 1. The molecule has 2 aromatic heterocycles. The summed E-state index contributed by atoms with van der Waals surface area (Å²) >= 11 is 3.75. The Morgan fingerprint density at radius 2 is 0.793 bits per heavy atom. The maximum atomic E-state index is 2.50. The Balaban J connectivity index is 1.22. The van der Waals surface area contributed by atoms with E-state index in [1.165, 1.54) is 72.7 Å². The van der Waals surface area contributed by atoms with Gasteiger partial charge in [-0.3, -0.25) is 0 Å². The van der Waals surface area contributed by atoms with Crippen LogP contribution in [0.4, 0.5) is 34.1 Å². The molecule has 0 N–H and O–H groups in total. The first-order valence-electron chi connectivity index (χ1n) is 19.7. The minimum atomic E-state index is 1.10. The Morgan fingerprint density at radius 3 is 1.50 bits per heavy atom. The van der Waals surface area contributed by atoms with E-state index in [4.69, 9.17) is 0 Å². The van der Waals surface area contributed by atoms with Crippen LogP contribution in [0.1, 0.15) is 0 Å². The van der Waals surface area contributed by atoms with Crippen molar-refractivity contribution in [2.24, 2.45) is 0 Å². The predicted molar refractivity (Wildman–Crippen MR) is 254 cm³/mol. The molecule has 0 saturated heterocycles. The van der Waals surface area contributed by atoms with Crippen LogP contribution in [-0.2, 0) is 0 Å². The number of benzene rings is 10. The van der Waals surface area contributed by atoms with Crippen molar-refractivity contribution in [1.82, 2.24) is 0 Å². The van der Waals surface area contributed by atoms with Gasteiger partial charge in [-0.15, -0.1) is 22.7 Å². The third kappa shape index (κ3) is 5.37. The van der Waals surface area contributed by atoms with Gasteiger partial charge < -0.3 is 9.80 Å². The van der Waals surface area contributed by atoms with Crippen LogP contribution in [0.25, 0.3) is 72.7 Å². The molecule has 0 bridgehead atoms. The van der Waals surface area contributed by atoms with Gasteiger partial charge in [0.25, 0.3) is 0 Å². The second-order valence-electron chi connectivity index (χ2n) is 15.0. The molecular weight excluding hydrogens is 741 g/mol. The van der Waals surface area contributed by atoms with E-state index in [1.54, 1.807) is 0 Å². The minimum absolute atomic E-state index is 1.10. The molecule has 0 radical (unpaired) electrons. The lowest BCUT2D eigenvalue weighted by molar-refractivity contribution is 1.25. The monoisotopic (exact) mass is 774 g/mol. The van der Waals surface area contributed by atoms with E-state index in [2.05, 4.69) is 216 Å². The Bertz CT molecular complexity index is 3470. The van der Waals surface area contributed by atoms with Gasteiger partial charge in [0.05, 0.1) is 21.8 Å². The van der Waals surface area contributed by atoms with E-state index < -0.39 is 0 Å². The number of rotatable bonds is 6. The van der Waals surface area contributed by atoms with Crippen LogP contribution in [0.2, 0.25) is 0 Å². The molecular formula is C54H34N2S2. The highest BCUT2D eigenvalue weighted by Crippen LogP contribution is 2.52. The lowest BCUT2D eigenvalue weighted by Gasteiger charge is -2.34. The van der Waals surface area contributed by atoms with Crippen molar-refractivity contribution in [2.45, 2.75) is 0 Å². The van der Waals surface area contributed by atoms with Crippen LogP contribution in [-0.4, -0.2) is 0 Å². The fourth-order valence-electron chi connectivity index (χ4n) is 8.80. The van der Waals surface area contributed by atoms with Crippen molar-refractivity contribution in [3.63, 3.8) is 0 Å². The molecule has 12 aromatic rings. The highest BCUT2D eigenvalue weighted by Gasteiger charge is 2.26. The molecule has 0 unspecified atom stereocenters. The fourth-order valence-corrected chi connectivity index (χ4v) is 11.2. The molecule has 0 saturated carbocycles. The summed E-state index contributed by atoms with van der Waals surface area (Å²) in [6, 6.07) is 76.0. The summed E-state index contributed by atoms with van der Waals surface area (Å²) in [6.45, 7) is 0. The summed E-state index contributed by atoms with van der Waals surface area (Å²) in [4.78, 5) is 4.99. The zero-order chi connectivity index (χ0) is 38.2. The van der Waals surface area contributed by atoms with Crippen LogP contribution in [0.3, 0.4) is 0 Å². The molecule has 0 atom stereocenters. The van der Waals surface area contributed by atoms with Crippen LogP contribution in [0, 0.1) is 0 Å². The SMILES string of the molecule is c1ccc(N(c2cc3sc4cc5ccccc5cc4c3cc2N(c2ccc3ccccc3c2)c2ccc3ccccc3c2)c2cccc3c2sc2ccccc23)cc1. The highest BCUT2D eigenvalue weighted by atomic mass is 32.1. The third-order valence-electron chi connectivity index (χ3n) is 11.5. The Hall–Kier alpha value is -6.98. The largest absolute Gasteiger partial charge is 0.308 e. The van der Waals surface area contributed by atoms with Gasteiger partial charge in [-0.1, -0.05) is 133 Å². The molecule has 2 nitrogen and oxygen atoms in total. The molecule has 12 rings (SSSR count). The molecule has 0 aliphatic rings. The van der Waals surface area contributed by atoms with E-state index in [9.17, 15) is 0 Å². The molecule has 272 valence electrons. The summed E-state index contributed by atoms with van der Waals surface area (Å²) in [5.74, 6) is 0. The van der Waals surface area contributed by atoms with Crippen molar-refractivity contribution in [2.75, 3.05) is 9.80 Å². The standard InChI is InChI=1S/C54H34N2S2/c1-2-19-41(20-3-1)56(48-23-12-22-45-44-21-10-11-24-51(44)58-54(45)48)50-34-53-47(46-31-39-17-8-9-18-40(39)32-52(46)57-53)33-49(50)55(42-27-25-35-13-4-6-15-37(35)29-42)43-28-26-36-14-5-7-16-38(36)30-43/h1-34H. The summed E-state index contributed by atoms with van der Waals surface area (Å²) in [5.41, 5.74) is 6.69. The lowest BCUT2D eigenvalue weighted by Crippen LogP contribution is -2.17. The third-order valence-corrected chi connectivity index (χ3v) is 13.9. The molecule has 0 aliphatic carbocycles. The number of hydrogen-bond donors (Lipinski definition) is 0. The predicted octanol–water partition coefficient (Wildman–Crippen LogP) is 16.8. The summed E-state index contributed by atoms with van der Waals surface area (Å²) in [7, 11) is 0. The Morgan fingerprint density at radius 1 is 0.259 bits per heavy atom. The zero-order valence-corrected chi connectivity index (χ0v) is 33.0. The zero-order valence-electron chi connectivity index (χ0n) is 31.3. The van der Waals surface area contributed by atoms with Gasteiger partial charge >= 0.3 is 0 Å². The number of fused-ring (bicyclic) bond motifs is 9. The average molecular weight is 775 g/mol. The minimum Gasteiger partial charge on any atom is -0.308 e. The van der Waals surface area contributed by atoms with Gasteiger partial charge in [0, 0.05) is 52.7 Å². The summed E-state index contributed by atoms with van der Waals surface area (Å²) < 4.78 is 5.10. The molecule has 0 aliphatic heterocycles. The molecule has 10 aromatic carbocycles. The normalized spacial score (nSPS) is 11.8. The Kier molecular flexibility index (Phi) is 7.62. The molecule has 4 heteroatoms. The van der Waals surface area contributed by atoms with Gasteiger partial charge in [0.15, 0.2) is 0 Å². The van der Waals surface area contributed by atoms with Gasteiger partial charge in [0.1, 0.15) is 0 Å². The van der Waals surface area contributed by atoms with E-state index >= 15 is 0 Å². The Labute approximate surface area is 343 Å². The molecule has 58 heavy (non-hydrogen) atoms. The van der Waals surface area contributed by atoms with Gasteiger partial charge in [-0.25, -0.2) is 0 Å². The summed E-state index contributed by atoms with van der Waals surface area (Å²) in [5, 5.41) is 12.5. The van der Waals surface area contributed by atoms with Crippen LogP contribution >= 0.6 is 22.7 Å². The topological polar surface area (TPSA) is 6.48 Å². The van der Waals surface area contributed by atoms with Crippen LogP contribution in [0.5, 0.6) is 0 Å². The second kappa shape index (κ2) is 13.3. The van der Waals surface area contributed by atoms with Gasteiger partial charge in [-0.2, -0.15) is 0 Å². The van der Waals surface area contributed by atoms with E-state index in [0.717, 1.165) is 34.1 Å². The number of hydrogen-bond acceptors (Lipinski definition) is 4. The van der Waals surface area contributed by atoms with E-state index in [0.29, 0.717) is 0 Å². The van der Waals surface area contributed by atoms with Crippen molar-refractivity contribution in [1.29, 1.82) is 0 Å². The fraction of sp³-hybridized carbons (Fsp3) is 0. The first-order valence-corrected chi connectivity index (χ1v) is 21.3. The maximum absolute atomic E-state index is 2.50. The maximum Gasteiger partial charge on any atom is 0.0717 e. The highest BCUT2D eigenvalue weighted by molar-refractivity contribution is 7.26. The molecule has 0 fully saturated rings. The van der Waals surface area contributed by atoms with Gasteiger partial charge in [0.2, 0.25) is 0 Å². The van der Waals surface area contributed by atoms with Crippen molar-refractivity contribution in [3.05, 3.63) is 206 Å². The smallest absolute Gasteiger partial charge is 0.0717 e. The molecule has 0 amide bonds. The average Bonchev–Trinajstić information content (AvgIpc) is 3.84. The molecule has 0 spiro atoms. The van der Waals surface area contributed by atoms with Gasteiger partial charge in [-0.05, 0) is 105 Å². The van der Waals surface area contributed by atoms with Crippen LogP contribution < -0.4 is 9.80 Å². The quantitative estimate of drug-likeness (QED) is 0.166. The van der Waals surface area contributed by atoms with Crippen molar-refractivity contribution < 1.29 is 0 Å². The van der Waals surface area contributed by atoms with Crippen molar-refractivity contribution in [3.8, 4) is 0 Å². The molecule has 2 heterocycles. The van der Waals surface area contributed by atoms with E-state index in [-0.39, 0.29) is 0 Å². The second-order valence-corrected chi connectivity index (χ2v) is 17.1.